The van der Waals surface area contributed by atoms with Gasteiger partial charge in [0.1, 0.15) is 11.9 Å². The summed E-state index contributed by atoms with van der Waals surface area (Å²) in [4.78, 5) is 41.6. The summed E-state index contributed by atoms with van der Waals surface area (Å²) in [6, 6.07) is 10.8. The number of carbonyl (C=O) groups is 3. The second-order valence-electron chi connectivity index (χ2n) is 8.67. The molecule has 37 heavy (non-hydrogen) atoms. The van der Waals surface area contributed by atoms with Crippen molar-refractivity contribution < 1.29 is 38.1 Å². The average molecular weight is 516 g/mol. The predicted molar refractivity (Wildman–Crippen MR) is 137 cm³/mol. The van der Waals surface area contributed by atoms with Gasteiger partial charge in [-0.25, -0.2) is 4.98 Å². The summed E-state index contributed by atoms with van der Waals surface area (Å²) in [5.74, 6) is -1.71. The van der Waals surface area contributed by atoms with E-state index in [4.69, 9.17) is 23.7 Å². The maximum Gasteiger partial charge on any atom is 0.309 e. The van der Waals surface area contributed by atoms with Gasteiger partial charge in [-0.3, -0.25) is 14.4 Å². The maximum atomic E-state index is 13.0. The van der Waals surface area contributed by atoms with Crippen LogP contribution in [0, 0.1) is 5.92 Å². The van der Waals surface area contributed by atoms with Crippen LogP contribution in [0.4, 0.5) is 0 Å². The van der Waals surface area contributed by atoms with Crippen LogP contribution in [0.5, 0.6) is 17.2 Å². The Labute approximate surface area is 218 Å². The third kappa shape index (κ3) is 8.86. The number of esters is 2. The van der Waals surface area contributed by atoms with Crippen LogP contribution in [0.15, 0.2) is 42.6 Å². The third-order valence-electron chi connectivity index (χ3n) is 5.58. The van der Waals surface area contributed by atoms with Crippen molar-refractivity contribution in [3.8, 4) is 17.2 Å². The van der Waals surface area contributed by atoms with E-state index in [0.717, 1.165) is 6.42 Å². The Morgan fingerprint density at radius 3 is 2.32 bits per heavy atom. The summed E-state index contributed by atoms with van der Waals surface area (Å²) in [7, 11) is 1.39. The van der Waals surface area contributed by atoms with Crippen molar-refractivity contribution in [1.29, 1.82) is 0 Å². The molecule has 0 radical (unpaired) electrons. The molecule has 4 atom stereocenters. The van der Waals surface area contributed by atoms with Crippen molar-refractivity contribution in [1.82, 2.24) is 4.98 Å². The molecule has 0 saturated carbocycles. The standard InChI is InChI=1S/C28H37NO8/c1-7-16-34-23(8-2)26(37-21-12-10-9-11-13-21)19(4)35-28(32)18(3)17-22(31)25-27(36-20(5)30)24(33-6)14-15-29-25/h9-15,18-19,23,26H,7-8,16-17H2,1-6H3/t18-,19+,23+,26+/m1/s1. The fourth-order valence-corrected chi connectivity index (χ4v) is 3.70. The van der Waals surface area contributed by atoms with E-state index < -0.39 is 35.8 Å². The minimum atomic E-state index is -0.790. The zero-order valence-electron chi connectivity index (χ0n) is 22.4. The molecule has 0 fully saturated rings. The second kappa shape index (κ2) is 14.9. The highest BCUT2D eigenvalue weighted by Crippen LogP contribution is 2.31. The van der Waals surface area contributed by atoms with Gasteiger partial charge < -0.3 is 23.7 Å². The lowest BCUT2D eigenvalue weighted by Gasteiger charge is -2.32. The normalized spacial score (nSPS) is 14.1. The summed E-state index contributed by atoms with van der Waals surface area (Å²) in [5, 5.41) is 0. The molecular weight excluding hydrogens is 478 g/mol. The molecule has 0 amide bonds. The number of rotatable bonds is 15. The fourth-order valence-electron chi connectivity index (χ4n) is 3.70. The van der Waals surface area contributed by atoms with Gasteiger partial charge in [0.2, 0.25) is 5.75 Å². The molecule has 1 aromatic carbocycles. The number of aromatic nitrogens is 1. The van der Waals surface area contributed by atoms with E-state index in [-0.39, 0.29) is 29.7 Å². The van der Waals surface area contributed by atoms with Gasteiger partial charge in [-0.05, 0) is 31.9 Å². The molecular formula is C28H37NO8. The molecule has 0 spiro atoms. The van der Waals surface area contributed by atoms with Gasteiger partial charge in [0.15, 0.2) is 23.3 Å². The molecule has 0 bridgehead atoms. The number of hydrogen-bond acceptors (Lipinski definition) is 9. The number of benzene rings is 1. The SMILES string of the molecule is CCCO[C@@H](CC)[C@@H](Oc1ccccc1)[C@H](C)OC(=O)[C@H](C)CC(=O)c1nccc(OC)c1OC(C)=O. The Bertz CT molecular complexity index is 1030. The minimum absolute atomic E-state index is 0.0772. The Hall–Kier alpha value is -3.46. The molecule has 2 aromatic rings. The number of para-hydroxylation sites is 1. The Morgan fingerprint density at radius 2 is 1.73 bits per heavy atom. The zero-order valence-corrected chi connectivity index (χ0v) is 22.4. The highest BCUT2D eigenvalue weighted by molar-refractivity contribution is 5.99. The summed E-state index contributed by atoms with van der Waals surface area (Å²) >= 11 is 0. The van der Waals surface area contributed by atoms with Crippen LogP contribution in [0.2, 0.25) is 0 Å². The van der Waals surface area contributed by atoms with Crippen molar-refractivity contribution >= 4 is 17.7 Å². The number of ether oxygens (including phenoxy) is 5. The first kappa shape index (κ1) is 29.8. The second-order valence-corrected chi connectivity index (χ2v) is 8.67. The molecule has 0 aliphatic heterocycles. The Balaban J connectivity index is 2.15. The van der Waals surface area contributed by atoms with Crippen LogP contribution >= 0.6 is 0 Å². The van der Waals surface area contributed by atoms with Gasteiger partial charge >= 0.3 is 11.9 Å². The lowest BCUT2D eigenvalue weighted by Crippen LogP contribution is -2.44. The van der Waals surface area contributed by atoms with E-state index in [0.29, 0.717) is 18.8 Å². The fraction of sp³-hybridized carbons (Fsp3) is 0.500. The number of pyridine rings is 1. The zero-order chi connectivity index (χ0) is 27.4. The summed E-state index contributed by atoms with van der Waals surface area (Å²) in [6.07, 6.45) is 1.17. The van der Waals surface area contributed by atoms with E-state index in [9.17, 15) is 14.4 Å². The molecule has 9 nitrogen and oxygen atoms in total. The van der Waals surface area contributed by atoms with E-state index in [2.05, 4.69) is 4.98 Å². The maximum absolute atomic E-state index is 13.0. The van der Waals surface area contributed by atoms with Crippen LogP contribution in [0.3, 0.4) is 0 Å². The molecule has 0 saturated heterocycles. The molecule has 0 aliphatic rings. The highest BCUT2D eigenvalue weighted by atomic mass is 16.6. The first-order valence-electron chi connectivity index (χ1n) is 12.5. The van der Waals surface area contributed by atoms with Gasteiger partial charge in [-0.1, -0.05) is 39.0 Å². The van der Waals surface area contributed by atoms with Crippen LogP contribution in [-0.2, 0) is 19.1 Å². The van der Waals surface area contributed by atoms with Crippen LogP contribution in [0.1, 0.15) is 64.4 Å². The number of Topliss-reactive ketones (excluding diaryl/α,β-unsaturated/α-hetero) is 1. The molecule has 0 N–H and O–H groups in total. The summed E-state index contributed by atoms with van der Waals surface area (Å²) in [6.45, 7) is 9.11. The van der Waals surface area contributed by atoms with Crippen LogP contribution < -0.4 is 14.2 Å². The van der Waals surface area contributed by atoms with Crippen LogP contribution in [0.25, 0.3) is 0 Å². The van der Waals surface area contributed by atoms with Gasteiger partial charge in [-0.15, -0.1) is 0 Å². The van der Waals surface area contributed by atoms with Crippen molar-refractivity contribution in [2.45, 2.75) is 72.2 Å². The number of nitrogens with zero attached hydrogens (tertiary/aromatic N) is 1. The van der Waals surface area contributed by atoms with Crippen molar-refractivity contribution in [2.24, 2.45) is 5.92 Å². The molecule has 2 rings (SSSR count). The van der Waals surface area contributed by atoms with Crippen molar-refractivity contribution in [3.63, 3.8) is 0 Å². The molecule has 9 heteroatoms. The average Bonchev–Trinajstić information content (AvgIpc) is 2.88. The third-order valence-corrected chi connectivity index (χ3v) is 5.58. The van der Waals surface area contributed by atoms with E-state index >= 15 is 0 Å². The van der Waals surface area contributed by atoms with Crippen LogP contribution in [-0.4, -0.2) is 54.7 Å². The van der Waals surface area contributed by atoms with Gasteiger partial charge in [0, 0.05) is 32.2 Å². The Kier molecular flexibility index (Phi) is 12.0. The highest BCUT2D eigenvalue weighted by Gasteiger charge is 2.33. The summed E-state index contributed by atoms with van der Waals surface area (Å²) < 4.78 is 28.3. The molecule has 0 aliphatic carbocycles. The van der Waals surface area contributed by atoms with E-state index in [1.165, 1.54) is 26.3 Å². The number of carbonyl (C=O) groups excluding carboxylic acids is 3. The molecule has 0 unspecified atom stereocenters. The smallest absolute Gasteiger partial charge is 0.309 e. The Morgan fingerprint density at radius 1 is 1.03 bits per heavy atom. The van der Waals surface area contributed by atoms with E-state index in [1.54, 1.807) is 13.8 Å². The quantitative estimate of drug-likeness (QED) is 0.244. The van der Waals surface area contributed by atoms with Gasteiger partial charge in [0.25, 0.3) is 0 Å². The van der Waals surface area contributed by atoms with Gasteiger partial charge in [0.05, 0.1) is 19.1 Å². The molecule has 202 valence electrons. The lowest BCUT2D eigenvalue weighted by atomic mass is 10.0. The van der Waals surface area contributed by atoms with E-state index in [1.807, 2.05) is 44.2 Å². The van der Waals surface area contributed by atoms with Crippen molar-refractivity contribution in [3.05, 3.63) is 48.3 Å². The molecule has 1 heterocycles. The molecule has 1 aromatic heterocycles. The number of methoxy groups -OCH3 is 1. The monoisotopic (exact) mass is 515 g/mol. The largest absolute Gasteiger partial charge is 0.493 e. The first-order chi connectivity index (χ1) is 17.7. The lowest BCUT2D eigenvalue weighted by molar-refractivity contribution is -0.162. The number of hydrogen-bond donors (Lipinski definition) is 0. The van der Waals surface area contributed by atoms with Gasteiger partial charge in [-0.2, -0.15) is 0 Å². The van der Waals surface area contributed by atoms with Crippen molar-refractivity contribution in [2.75, 3.05) is 13.7 Å². The predicted octanol–water partition coefficient (Wildman–Crippen LogP) is 4.81. The number of ketones is 1. The first-order valence-corrected chi connectivity index (χ1v) is 12.5. The topological polar surface area (TPSA) is 110 Å². The minimum Gasteiger partial charge on any atom is -0.493 e. The summed E-state index contributed by atoms with van der Waals surface area (Å²) in [5.41, 5.74) is -0.0912.